The standard InChI is InChI=1S/C6H4BrN3/c7-6-3-1-2-5-4-8-9-10(5)6/h1-4H. The molecule has 0 aliphatic heterocycles. The summed E-state index contributed by atoms with van der Waals surface area (Å²) in [6.45, 7) is 0. The van der Waals surface area contributed by atoms with Crippen molar-refractivity contribution in [3.8, 4) is 0 Å². The van der Waals surface area contributed by atoms with Gasteiger partial charge in [-0.2, -0.15) is 0 Å². The lowest BCUT2D eigenvalue weighted by Crippen LogP contribution is -1.87. The van der Waals surface area contributed by atoms with Gasteiger partial charge in [-0.3, -0.25) is 0 Å². The van der Waals surface area contributed by atoms with E-state index in [0.29, 0.717) is 0 Å². The Labute approximate surface area is 65.8 Å². The first kappa shape index (κ1) is 5.85. The molecular formula is C6H4BrN3. The first-order valence-electron chi connectivity index (χ1n) is 2.83. The largest absolute Gasteiger partial charge is 0.206 e. The van der Waals surface area contributed by atoms with Crippen LogP contribution in [0, 0.1) is 0 Å². The molecule has 10 heavy (non-hydrogen) atoms. The van der Waals surface area contributed by atoms with E-state index in [0.717, 1.165) is 10.1 Å². The summed E-state index contributed by atoms with van der Waals surface area (Å²) in [7, 11) is 0. The summed E-state index contributed by atoms with van der Waals surface area (Å²) in [5, 5.41) is 7.58. The van der Waals surface area contributed by atoms with Gasteiger partial charge in [0.05, 0.1) is 11.7 Å². The lowest BCUT2D eigenvalue weighted by atomic mass is 10.4. The molecule has 2 rings (SSSR count). The van der Waals surface area contributed by atoms with E-state index in [1.54, 1.807) is 10.7 Å². The summed E-state index contributed by atoms with van der Waals surface area (Å²) in [4.78, 5) is 0. The van der Waals surface area contributed by atoms with Crippen LogP contribution in [0.25, 0.3) is 5.52 Å². The lowest BCUT2D eigenvalue weighted by molar-refractivity contribution is 0.839. The molecule has 0 aromatic carbocycles. The predicted octanol–water partition coefficient (Wildman–Crippen LogP) is 1.49. The Kier molecular flexibility index (Phi) is 1.20. The summed E-state index contributed by atoms with van der Waals surface area (Å²) in [5.74, 6) is 0. The Hall–Kier alpha value is -0.900. The summed E-state index contributed by atoms with van der Waals surface area (Å²) < 4.78 is 2.64. The SMILES string of the molecule is Brc1cccc2cnnn12. The molecule has 0 aliphatic rings. The normalized spacial score (nSPS) is 10.5. The van der Waals surface area contributed by atoms with Crippen LogP contribution >= 0.6 is 15.9 Å². The van der Waals surface area contributed by atoms with E-state index in [-0.39, 0.29) is 0 Å². The molecule has 4 heteroatoms. The van der Waals surface area contributed by atoms with Crippen molar-refractivity contribution in [2.75, 3.05) is 0 Å². The third-order valence-corrected chi connectivity index (χ3v) is 1.88. The molecule has 2 aromatic heterocycles. The Morgan fingerprint density at radius 2 is 2.30 bits per heavy atom. The van der Waals surface area contributed by atoms with Crippen molar-refractivity contribution in [3.63, 3.8) is 0 Å². The summed E-state index contributed by atoms with van der Waals surface area (Å²) in [6, 6.07) is 5.81. The van der Waals surface area contributed by atoms with Gasteiger partial charge in [-0.25, -0.2) is 4.52 Å². The maximum atomic E-state index is 3.84. The van der Waals surface area contributed by atoms with Crippen LogP contribution in [0.2, 0.25) is 0 Å². The highest BCUT2D eigenvalue weighted by Gasteiger charge is 1.95. The van der Waals surface area contributed by atoms with Crippen LogP contribution in [0.5, 0.6) is 0 Å². The molecule has 0 bridgehead atoms. The van der Waals surface area contributed by atoms with Gasteiger partial charge in [0, 0.05) is 0 Å². The average molecular weight is 198 g/mol. The number of hydrogen-bond acceptors (Lipinski definition) is 2. The Morgan fingerprint density at radius 1 is 1.40 bits per heavy atom. The number of hydrogen-bond donors (Lipinski definition) is 0. The van der Waals surface area contributed by atoms with E-state index in [1.165, 1.54) is 0 Å². The molecule has 0 atom stereocenters. The molecule has 0 saturated heterocycles. The smallest absolute Gasteiger partial charge is 0.110 e. The summed E-state index contributed by atoms with van der Waals surface area (Å²) in [5.41, 5.74) is 0.995. The molecule has 0 aliphatic carbocycles. The average Bonchev–Trinajstić information content (AvgIpc) is 2.36. The monoisotopic (exact) mass is 197 g/mol. The molecule has 0 unspecified atom stereocenters. The molecule has 2 heterocycles. The predicted molar refractivity (Wildman–Crippen MR) is 40.7 cm³/mol. The maximum absolute atomic E-state index is 3.84. The number of fused-ring (bicyclic) bond motifs is 1. The highest BCUT2D eigenvalue weighted by atomic mass is 79.9. The van der Waals surface area contributed by atoms with Crippen molar-refractivity contribution in [3.05, 3.63) is 29.0 Å². The highest BCUT2D eigenvalue weighted by Crippen LogP contribution is 2.09. The number of nitrogens with zero attached hydrogens (tertiary/aromatic N) is 3. The second-order valence-electron chi connectivity index (χ2n) is 1.92. The quantitative estimate of drug-likeness (QED) is 0.600. The van der Waals surface area contributed by atoms with E-state index in [2.05, 4.69) is 26.2 Å². The van der Waals surface area contributed by atoms with Gasteiger partial charge in [-0.1, -0.05) is 11.3 Å². The zero-order valence-corrected chi connectivity index (χ0v) is 6.62. The lowest BCUT2D eigenvalue weighted by Gasteiger charge is -1.91. The van der Waals surface area contributed by atoms with E-state index < -0.39 is 0 Å². The van der Waals surface area contributed by atoms with Crippen LogP contribution in [0.15, 0.2) is 29.0 Å². The van der Waals surface area contributed by atoms with Gasteiger partial charge >= 0.3 is 0 Å². The Morgan fingerprint density at radius 3 is 3.10 bits per heavy atom. The van der Waals surface area contributed by atoms with Crippen molar-refractivity contribution in [1.29, 1.82) is 0 Å². The second-order valence-corrected chi connectivity index (χ2v) is 2.73. The fourth-order valence-corrected chi connectivity index (χ4v) is 1.25. The molecule has 0 spiro atoms. The second kappa shape index (κ2) is 2.05. The van der Waals surface area contributed by atoms with Gasteiger partial charge in [-0.05, 0) is 28.1 Å². The fourth-order valence-electron chi connectivity index (χ4n) is 0.819. The molecule has 0 N–H and O–H groups in total. The molecule has 2 aromatic rings. The number of aromatic nitrogens is 3. The van der Waals surface area contributed by atoms with Gasteiger partial charge in [0.15, 0.2) is 0 Å². The van der Waals surface area contributed by atoms with Crippen LogP contribution in [0.3, 0.4) is 0 Å². The minimum absolute atomic E-state index is 0.919. The topological polar surface area (TPSA) is 30.2 Å². The maximum Gasteiger partial charge on any atom is 0.110 e. The van der Waals surface area contributed by atoms with Crippen molar-refractivity contribution in [2.24, 2.45) is 0 Å². The van der Waals surface area contributed by atoms with Crippen LogP contribution in [0.1, 0.15) is 0 Å². The van der Waals surface area contributed by atoms with E-state index in [1.807, 2.05) is 18.2 Å². The van der Waals surface area contributed by atoms with Gasteiger partial charge in [0.2, 0.25) is 0 Å². The summed E-state index contributed by atoms with van der Waals surface area (Å²) in [6.07, 6.45) is 1.71. The van der Waals surface area contributed by atoms with Gasteiger partial charge in [0.25, 0.3) is 0 Å². The van der Waals surface area contributed by atoms with Crippen molar-refractivity contribution >= 4 is 21.4 Å². The molecule has 0 radical (unpaired) electrons. The molecule has 0 fully saturated rings. The first-order valence-corrected chi connectivity index (χ1v) is 3.62. The van der Waals surface area contributed by atoms with Crippen LogP contribution in [-0.2, 0) is 0 Å². The molecular weight excluding hydrogens is 194 g/mol. The molecule has 0 saturated carbocycles. The Balaban J connectivity index is 2.95. The summed E-state index contributed by atoms with van der Waals surface area (Å²) >= 11 is 3.34. The van der Waals surface area contributed by atoms with Gasteiger partial charge in [-0.15, -0.1) is 5.10 Å². The van der Waals surface area contributed by atoms with Gasteiger partial charge in [0.1, 0.15) is 4.60 Å². The van der Waals surface area contributed by atoms with Gasteiger partial charge < -0.3 is 0 Å². The van der Waals surface area contributed by atoms with Crippen molar-refractivity contribution < 1.29 is 0 Å². The first-order chi connectivity index (χ1) is 4.88. The molecule has 50 valence electrons. The highest BCUT2D eigenvalue weighted by molar-refractivity contribution is 9.10. The van der Waals surface area contributed by atoms with Crippen molar-refractivity contribution in [2.45, 2.75) is 0 Å². The van der Waals surface area contributed by atoms with E-state index in [9.17, 15) is 0 Å². The fraction of sp³-hybridized carbons (Fsp3) is 0. The van der Waals surface area contributed by atoms with Crippen LogP contribution < -0.4 is 0 Å². The molecule has 3 nitrogen and oxygen atoms in total. The third kappa shape index (κ3) is 0.724. The van der Waals surface area contributed by atoms with Crippen LogP contribution in [0.4, 0.5) is 0 Å². The van der Waals surface area contributed by atoms with Crippen LogP contribution in [-0.4, -0.2) is 14.8 Å². The van der Waals surface area contributed by atoms with E-state index in [4.69, 9.17) is 0 Å². The molecule has 0 amide bonds. The minimum atomic E-state index is 0.919. The van der Waals surface area contributed by atoms with E-state index >= 15 is 0 Å². The zero-order valence-electron chi connectivity index (χ0n) is 5.03. The van der Waals surface area contributed by atoms with Crippen molar-refractivity contribution in [1.82, 2.24) is 14.8 Å². The third-order valence-electron chi connectivity index (χ3n) is 1.28. The number of pyridine rings is 1. The minimum Gasteiger partial charge on any atom is -0.206 e. The Bertz CT molecular complexity index is 355. The zero-order chi connectivity index (χ0) is 6.97. The number of halogens is 1. The number of rotatable bonds is 0.